The first-order valence-corrected chi connectivity index (χ1v) is 6.49. The minimum Gasteiger partial charge on any atom is -0.361 e. The number of nitriles is 1. The van der Waals surface area contributed by atoms with Crippen molar-refractivity contribution in [3.8, 4) is 6.07 Å². The molecule has 0 spiro atoms. The van der Waals surface area contributed by atoms with E-state index in [1.165, 1.54) is 0 Å². The molecule has 2 heterocycles. The number of nitrogens with zero attached hydrogens (tertiary/aromatic N) is 3. The molecule has 1 aromatic rings. The number of carbonyl (C=O) groups excluding carboxylic acids is 2. The first-order chi connectivity index (χ1) is 9.60. The summed E-state index contributed by atoms with van der Waals surface area (Å²) in [5.74, 6) is 0.194. The second kappa shape index (κ2) is 6.19. The van der Waals surface area contributed by atoms with Gasteiger partial charge in [0.2, 0.25) is 5.91 Å². The first kappa shape index (κ1) is 14.1. The average molecular weight is 276 g/mol. The van der Waals surface area contributed by atoms with Gasteiger partial charge in [-0.2, -0.15) is 5.26 Å². The van der Waals surface area contributed by atoms with Crippen LogP contribution in [0, 0.1) is 18.3 Å². The smallest absolute Gasteiger partial charge is 0.276 e. The van der Waals surface area contributed by atoms with Crippen molar-refractivity contribution >= 4 is 11.8 Å². The molecule has 7 nitrogen and oxygen atoms in total. The zero-order chi connectivity index (χ0) is 14.5. The first-order valence-electron chi connectivity index (χ1n) is 6.49. The van der Waals surface area contributed by atoms with Crippen molar-refractivity contribution in [2.24, 2.45) is 0 Å². The van der Waals surface area contributed by atoms with Crippen LogP contribution < -0.4 is 5.32 Å². The normalized spacial score (nSPS) is 15.7. The van der Waals surface area contributed by atoms with Gasteiger partial charge in [0.05, 0.1) is 6.07 Å². The fraction of sp³-hybridized carbons (Fsp3) is 0.538. The van der Waals surface area contributed by atoms with Crippen LogP contribution >= 0.6 is 0 Å². The van der Waals surface area contributed by atoms with Gasteiger partial charge in [0.1, 0.15) is 12.2 Å². The molecule has 1 N–H and O–H groups in total. The molecule has 0 bridgehead atoms. The summed E-state index contributed by atoms with van der Waals surface area (Å²) in [5, 5.41) is 14.9. The van der Waals surface area contributed by atoms with Crippen molar-refractivity contribution < 1.29 is 14.1 Å². The Bertz CT molecular complexity index is 538. The van der Waals surface area contributed by atoms with E-state index in [0.29, 0.717) is 37.4 Å². The standard InChI is InChI=1S/C13H16N4O3/c1-9-8-11(16-20-9)13(19)17-6-3-10(4-7-17)15-12(18)2-5-14/h8,10H,2-4,6-7H2,1H3,(H,15,18). The maximum Gasteiger partial charge on any atom is 0.276 e. The SMILES string of the molecule is Cc1cc(C(=O)N2CCC(NC(=O)CC#N)CC2)no1. The quantitative estimate of drug-likeness (QED) is 0.872. The molecule has 2 rings (SSSR count). The van der Waals surface area contributed by atoms with Crippen molar-refractivity contribution in [3.05, 3.63) is 17.5 Å². The Morgan fingerprint density at radius 2 is 2.25 bits per heavy atom. The molecule has 1 fully saturated rings. The Labute approximate surface area is 116 Å². The lowest BCUT2D eigenvalue weighted by Gasteiger charge is -2.31. The van der Waals surface area contributed by atoms with Gasteiger partial charge in [-0.1, -0.05) is 5.16 Å². The Hall–Kier alpha value is -2.36. The molecule has 0 aromatic carbocycles. The fourth-order valence-electron chi connectivity index (χ4n) is 2.21. The summed E-state index contributed by atoms with van der Waals surface area (Å²) < 4.78 is 4.89. The number of likely N-dealkylation sites (tertiary alicyclic amines) is 1. The second-order valence-corrected chi connectivity index (χ2v) is 4.79. The molecule has 106 valence electrons. The van der Waals surface area contributed by atoms with Crippen LogP contribution in [0.15, 0.2) is 10.6 Å². The molecular weight excluding hydrogens is 260 g/mol. The lowest BCUT2D eigenvalue weighted by molar-refractivity contribution is -0.121. The van der Waals surface area contributed by atoms with E-state index in [2.05, 4.69) is 10.5 Å². The van der Waals surface area contributed by atoms with E-state index in [1.54, 1.807) is 17.9 Å². The van der Waals surface area contributed by atoms with E-state index in [-0.39, 0.29) is 24.3 Å². The van der Waals surface area contributed by atoms with E-state index in [1.807, 2.05) is 6.07 Å². The van der Waals surface area contributed by atoms with Gasteiger partial charge in [-0.25, -0.2) is 0 Å². The molecule has 2 amide bonds. The van der Waals surface area contributed by atoms with Crippen molar-refractivity contribution in [2.45, 2.75) is 32.2 Å². The number of rotatable bonds is 3. The molecule has 0 atom stereocenters. The highest BCUT2D eigenvalue weighted by molar-refractivity contribution is 5.92. The van der Waals surface area contributed by atoms with Crippen LogP contribution in [0.5, 0.6) is 0 Å². The molecule has 20 heavy (non-hydrogen) atoms. The van der Waals surface area contributed by atoms with E-state index in [9.17, 15) is 9.59 Å². The maximum absolute atomic E-state index is 12.1. The predicted molar refractivity (Wildman–Crippen MR) is 68.5 cm³/mol. The van der Waals surface area contributed by atoms with E-state index in [4.69, 9.17) is 9.78 Å². The largest absolute Gasteiger partial charge is 0.361 e. The van der Waals surface area contributed by atoms with E-state index in [0.717, 1.165) is 0 Å². The Kier molecular flexibility index (Phi) is 4.35. The number of aromatic nitrogens is 1. The lowest BCUT2D eigenvalue weighted by Crippen LogP contribution is -2.46. The minimum atomic E-state index is -0.260. The van der Waals surface area contributed by atoms with Crippen LogP contribution in [-0.4, -0.2) is 41.0 Å². The van der Waals surface area contributed by atoms with E-state index < -0.39 is 0 Å². The summed E-state index contributed by atoms with van der Waals surface area (Å²) in [6, 6.07) is 3.45. The lowest BCUT2D eigenvalue weighted by atomic mass is 10.0. The number of nitrogens with one attached hydrogen (secondary N) is 1. The molecule has 0 radical (unpaired) electrons. The molecule has 1 aliphatic heterocycles. The third-order valence-electron chi connectivity index (χ3n) is 3.23. The van der Waals surface area contributed by atoms with Gasteiger partial charge in [-0.05, 0) is 19.8 Å². The fourth-order valence-corrected chi connectivity index (χ4v) is 2.21. The molecule has 1 saturated heterocycles. The topological polar surface area (TPSA) is 99.2 Å². The Morgan fingerprint density at radius 1 is 1.55 bits per heavy atom. The van der Waals surface area contributed by atoms with Crippen molar-refractivity contribution in [1.29, 1.82) is 5.26 Å². The van der Waals surface area contributed by atoms with Gasteiger partial charge < -0.3 is 14.7 Å². The summed E-state index contributed by atoms with van der Waals surface area (Å²) >= 11 is 0. The number of carbonyl (C=O) groups is 2. The van der Waals surface area contributed by atoms with Gasteiger partial charge in [-0.3, -0.25) is 9.59 Å². The summed E-state index contributed by atoms with van der Waals surface area (Å²) in [7, 11) is 0. The van der Waals surface area contributed by atoms with Gasteiger partial charge in [-0.15, -0.1) is 0 Å². The van der Waals surface area contributed by atoms with Crippen LogP contribution in [0.1, 0.15) is 35.5 Å². The number of hydrogen-bond donors (Lipinski definition) is 1. The van der Waals surface area contributed by atoms with Gasteiger partial charge in [0.25, 0.3) is 5.91 Å². The zero-order valence-electron chi connectivity index (χ0n) is 11.3. The van der Waals surface area contributed by atoms with Gasteiger partial charge in [0, 0.05) is 25.2 Å². The summed E-state index contributed by atoms with van der Waals surface area (Å²) in [4.78, 5) is 25.1. The van der Waals surface area contributed by atoms with Gasteiger partial charge >= 0.3 is 0 Å². The maximum atomic E-state index is 12.1. The zero-order valence-corrected chi connectivity index (χ0v) is 11.3. The number of amides is 2. The molecular formula is C13H16N4O3. The third-order valence-corrected chi connectivity index (χ3v) is 3.23. The number of aryl methyl sites for hydroxylation is 1. The van der Waals surface area contributed by atoms with Crippen molar-refractivity contribution in [3.63, 3.8) is 0 Å². The van der Waals surface area contributed by atoms with Crippen LogP contribution in [0.4, 0.5) is 0 Å². The van der Waals surface area contributed by atoms with E-state index >= 15 is 0 Å². The molecule has 0 saturated carbocycles. The van der Waals surface area contributed by atoms with Crippen LogP contribution in [0.25, 0.3) is 0 Å². The highest BCUT2D eigenvalue weighted by atomic mass is 16.5. The van der Waals surface area contributed by atoms with Crippen molar-refractivity contribution in [2.75, 3.05) is 13.1 Å². The predicted octanol–water partition coefficient (Wildman–Crippen LogP) is 0.617. The Morgan fingerprint density at radius 3 is 2.80 bits per heavy atom. The summed E-state index contributed by atoms with van der Waals surface area (Å²) in [6.45, 7) is 2.85. The monoisotopic (exact) mass is 276 g/mol. The molecule has 0 unspecified atom stereocenters. The summed E-state index contributed by atoms with van der Waals surface area (Å²) in [5.41, 5.74) is 0.314. The summed E-state index contributed by atoms with van der Waals surface area (Å²) in [6.07, 6.45) is 1.23. The molecule has 7 heteroatoms. The number of hydrogen-bond acceptors (Lipinski definition) is 5. The van der Waals surface area contributed by atoms with Crippen LogP contribution in [0.2, 0.25) is 0 Å². The Balaban J connectivity index is 1.84. The van der Waals surface area contributed by atoms with Crippen molar-refractivity contribution in [1.82, 2.24) is 15.4 Å². The van der Waals surface area contributed by atoms with Gasteiger partial charge in [0.15, 0.2) is 5.69 Å². The highest BCUT2D eigenvalue weighted by Gasteiger charge is 2.26. The van der Waals surface area contributed by atoms with Crippen LogP contribution in [0.3, 0.4) is 0 Å². The molecule has 1 aromatic heterocycles. The average Bonchev–Trinajstić information content (AvgIpc) is 2.86. The molecule has 0 aliphatic carbocycles. The second-order valence-electron chi connectivity index (χ2n) is 4.79. The highest BCUT2D eigenvalue weighted by Crippen LogP contribution is 2.14. The third kappa shape index (κ3) is 3.35. The molecule has 1 aliphatic rings. The number of piperidine rings is 1. The van der Waals surface area contributed by atoms with Crippen LogP contribution in [-0.2, 0) is 4.79 Å². The minimum absolute atomic E-state index is 0.0268.